The van der Waals surface area contributed by atoms with Crippen LogP contribution in [-0.4, -0.2) is 47.3 Å². The second kappa shape index (κ2) is 16.6. The van der Waals surface area contributed by atoms with E-state index in [0.29, 0.717) is 22.4 Å². The largest absolute Gasteiger partial charge is 0.493 e. The van der Waals surface area contributed by atoms with Crippen molar-refractivity contribution in [3.63, 3.8) is 0 Å². The topological polar surface area (TPSA) is 133 Å². The molecule has 0 aliphatic rings. The van der Waals surface area contributed by atoms with Crippen LogP contribution in [-0.2, 0) is 32.0 Å². The lowest BCUT2D eigenvalue weighted by Gasteiger charge is -2.30. The molecule has 1 aromatic heterocycles. The summed E-state index contributed by atoms with van der Waals surface area (Å²) in [6.45, 7) is 10.1. The molecule has 1 heterocycles. The Labute approximate surface area is 308 Å². The number of ketones is 1. The molecule has 12 heteroatoms. The Balaban J connectivity index is 1.55. The molecule has 276 valence electrons. The molecule has 1 unspecified atom stereocenters. The summed E-state index contributed by atoms with van der Waals surface area (Å²) in [7, 11) is 1.42. The number of carbonyl (C=O) groups is 3. The summed E-state index contributed by atoms with van der Waals surface area (Å²) in [5, 5.41) is 14.5. The number of pyridine rings is 1. The number of halogens is 2. The maximum Gasteiger partial charge on any atom is 0.408 e. The molecule has 0 radical (unpaired) electrons. The molecule has 52 heavy (non-hydrogen) atoms. The van der Waals surface area contributed by atoms with Gasteiger partial charge in [-0.15, -0.1) is 0 Å². The molecule has 10 nitrogen and oxygen atoms in total. The number of nitrogens with one attached hydrogen (secondary N) is 1. The fraction of sp³-hybridized carbons (Fsp3) is 0.350. The van der Waals surface area contributed by atoms with Gasteiger partial charge < -0.3 is 29.4 Å². The fourth-order valence-corrected chi connectivity index (χ4v) is 5.33. The van der Waals surface area contributed by atoms with E-state index in [1.807, 2.05) is 30.3 Å². The molecular formula is C40H44ClFN2O8. The summed E-state index contributed by atoms with van der Waals surface area (Å²) >= 11 is 6.11. The van der Waals surface area contributed by atoms with Crippen molar-refractivity contribution in [2.45, 2.75) is 77.7 Å². The number of hydrogen-bond acceptors (Lipinski definition) is 9. The Hall–Kier alpha value is -5.00. The van der Waals surface area contributed by atoms with Crippen molar-refractivity contribution in [3.8, 4) is 22.8 Å². The maximum atomic E-state index is 14.1. The minimum atomic E-state index is -1.63. The molecule has 0 aliphatic carbocycles. The number of alkyl carbamates (subject to hydrolysis) is 1. The first-order valence-corrected chi connectivity index (χ1v) is 17.0. The summed E-state index contributed by atoms with van der Waals surface area (Å²) in [6, 6.07) is 21.3. The van der Waals surface area contributed by atoms with Gasteiger partial charge in [0.25, 0.3) is 0 Å². The third-order valence-corrected chi connectivity index (χ3v) is 8.32. The van der Waals surface area contributed by atoms with Crippen molar-refractivity contribution in [2.24, 2.45) is 0 Å². The maximum absolute atomic E-state index is 14.1. The SMILES string of the molecule is COc1cc(C(=O)CCC(C)(O)c2cc(C(C)(C)NC(=O)OCc3ccccc3)cc(-c3ccc(F)c(Cl)c3)n2)ccc1OCC(=O)OC(C)(C)C. The zero-order valence-corrected chi connectivity index (χ0v) is 31.1. The third kappa shape index (κ3) is 11.0. The number of carbonyl (C=O) groups excluding carboxylic acids is 3. The van der Waals surface area contributed by atoms with Gasteiger partial charge >= 0.3 is 12.1 Å². The van der Waals surface area contributed by atoms with Gasteiger partial charge in [-0.2, -0.15) is 0 Å². The number of Topliss-reactive ketones (excluding diaryl/α,β-unsaturated/α-hetero) is 1. The summed E-state index contributed by atoms with van der Waals surface area (Å²) in [5.74, 6) is -0.944. The van der Waals surface area contributed by atoms with Crippen molar-refractivity contribution in [1.82, 2.24) is 10.3 Å². The standard InChI is InChI=1S/C40H44ClFN2O8/c1-38(2,3)52-36(46)24-50-33-16-14-27(20-34(33)49-7)32(45)17-18-40(6,48)35-22-28(21-31(43-35)26-13-15-30(42)29(41)19-26)39(4,5)44-37(47)51-23-25-11-9-8-10-12-25/h8-16,19-22,48H,17-18,23-24H2,1-7H3,(H,44,47). The van der Waals surface area contributed by atoms with Crippen LogP contribution in [0.4, 0.5) is 9.18 Å². The summed E-state index contributed by atoms with van der Waals surface area (Å²) in [5.41, 5.74) is -0.589. The number of amides is 1. The van der Waals surface area contributed by atoms with Gasteiger partial charge in [-0.1, -0.05) is 41.9 Å². The van der Waals surface area contributed by atoms with E-state index in [4.69, 9.17) is 35.5 Å². The van der Waals surface area contributed by atoms with Crippen LogP contribution in [0.15, 0.2) is 78.9 Å². The van der Waals surface area contributed by atoms with Crippen LogP contribution in [0.5, 0.6) is 11.5 Å². The first kappa shape index (κ1) is 39.8. The van der Waals surface area contributed by atoms with E-state index in [2.05, 4.69) is 5.32 Å². The number of nitrogens with zero attached hydrogens (tertiary/aromatic N) is 1. The number of ether oxygens (including phenoxy) is 4. The van der Waals surface area contributed by atoms with Crippen molar-refractivity contribution in [1.29, 1.82) is 0 Å². The molecule has 0 spiro atoms. The van der Waals surface area contributed by atoms with Gasteiger partial charge in [0.1, 0.15) is 23.6 Å². The minimum absolute atomic E-state index is 0.0297. The fourth-order valence-electron chi connectivity index (χ4n) is 5.15. The highest BCUT2D eigenvalue weighted by atomic mass is 35.5. The molecule has 4 rings (SSSR count). The number of aliphatic hydroxyl groups is 1. The number of aromatic nitrogens is 1. The Morgan fingerprint density at radius 3 is 2.27 bits per heavy atom. The van der Waals surface area contributed by atoms with E-state index in [1.54, 1.807) is 52.8 Å². The third-order valence-electron chi connectivity index (χ3n) is 8.03. The van der Waals surface area contributed by atoms with E-state index in [-0.39, 0.29) is 54.1 Å². The van der Waals surface area contributed by atoms with Crippen LogP contribution >= 0.6 is 11.6 Å². The first-order chi connectivity index (χ1) is 24.4. The van der Waals surface area contributed by atoms with Crippen LogP contribution in [0, 0.1) is 5.82 Å². The second-order valence-electron chi connectivity index (χ2n) is 14.0. The highest BCUT2D eigenvalue weighted by molar-refractivity contribution is 6.31. The number of esters is 1. The first-order valence-electron chi connectivity index (χ1n) is 16.6. The van der Waals surface area contributed by atoms with Crippen LogP contribution in [0.25, 0.3) is 11.3 Å². The predicted molar refractivity (Wildman–Crippen MR) is 195 cm³/mol. The Morgan fingerprint density at radius 1 is 0.904 bits per heavy atom. The molecule has 0 saturated heterocycles. The van der Waals surface area contributed by atoms with Gasteiger partial charge in [0.2, 0.25) is 0 Å². The van der Waals surface area contributed by atoms with Crippen molar-refractivity contribution in [3.05, 3.63) is 112 Å². The van der Waals surface area contributed by atoms with Gasteiger partial charge in [0.05, 0.1) is 29.1 Å². The highest BCUT2D eigenvalue weighted by Gasteiger charge is 2.31. The van der Waals surface area contributed by atoms with E-state index in [0.717, 1.165) is 5.56 Å². The van der Waals surface area contributed by atoms with Crippen LogP contribution in [0.3, 0.4) is 0 Å². The summed E-state index contributed by atoms with van der Waals surface area (Å²) < 4.78 is 35.8. The van der Waals surface area contributed by atoms with Gasteiger partial charge in [0, 0.05) is 17.5 Å². The average molecular weight is 735 g/mol. The molecule has 3 aromatic carbocycles. The zero-order chi connectivity index (χ0) is 38.3. The van der Waals surface area contributed by atoms with E-state index < -0.39 is 34.6 Å². The Kier molecular flexibility index (Phi) is 12.7. The minimum Gasteiger partial charge on any atom is -0.493 e. The van der Waals surface area contributed by atoms with Crippen molar-refractivity contribution < 1.29 is 42.8 Å². The summed E-state index contributed by atoms with van der Waals surface area (Å²) in [6.07, 6.45) is -0.767. The average Bonchev–Trinajstić information content (AvgIpc) is 3.09. The lowest BCUT2D eigenvalue weighted by molar-refractivity contribution is -0.157. The van der Waals surface area contributed by atoms with E-state index >= 15 is 0 Å². The molecule has 0 fully saturated rings. The summed E-state index contributed by atoms with van der Waals surface area (Å²) in [4.78, 5) is 43.1. The number of methoxy groups -OCH3 is 1. The number of benzene rings is 3. The molecule has 2 N–H and O–H groups in total. The van der Waals surface area contributed by atoms with Gasteiger partial charge in [0.15, 0.2) is 23.9 Å². The zero-order valence-electron chi connectivity index (χ0n) is 30.3. The molecule has 1 amide bonds. The molecule has 0 saturated carbocycles. The smallest absolute Gasteiger partial charge is 0.408 e. The lowest BCUT2D eigenvalue weighted by atomic mass is 9.87. The Morgan fingerprint density at radius 2 is 1.62 bits per heavy atom. The normalized spacial score (nSPS) is 12.7. The number of rotatable bonds is 14. The van der Waals surface area contributed by atoms with E-state index in [9.17, 15) is 23.9 Å². The lowest BCUT2D eigenvalue weighted by Crippen LogP contribution is -2.41. The monoisotopic (exact) mass is 734 g/mol. The van der Waals surface area contributed by atoms with Crippen molar-refractivity contribution in [2.75, 3.05) is 13.7 Å². The van der Waals surface area contributed by atoms with E-state index in [1.165, 1.54) is 44.4 Å². The van der Waals surface area contributed by atoms with Gasteiger partial charge in [-0.3, -0.25) is 4.79 Å². The molecule has 4 aromatic rings. The second-order valence-corrected chi connectivity index (χ2v) is 14.4. The predicted octanol–water partition coefficient (Wildman–Crippen LogP) is 8.30. The molecular weight excluding hydrogens is 691 g/mol. The van der Waals surface area contributed by atoms with Crippen molar-refractivity contribution >= 4 is 29.4 Å². The van der Waals surface area contributed by atoms with Crippen LogP contribution < -0.4 is 14.8 Å². The highest BCUT2D eigenvalue weighted by Crippen LogP contribution is 2.35. The van der Waals surface area contributed by atoms with Crippen LogP contribution in [0.2, 0.25) is 5.02 Å². The molecule has 1 atom stereocenters. The molecule has 0 aliphatic heterocycles. The Bertz CT molecular complexity index is 1910. The quantitative estimate of drug-likeness (QED) is 0.0970. The number of hydrogen-bond donors (Lipinski definition) is 2. The van der Waals surface area contributed by atoms with Gasteiger partial charge in [-0.25, -0.2) is 19.0 Å². The van der Waals surface area contributed by atoms with Crippen LogP contribution in [0.1, 0.15) is 81.6 Å². The van der Waals surface area contributed by atoms with Gasteiger partial charge in [-0.05, 0) is 108 Å². The molecule has 0 bridgehead atoms.